The highest BCUT2D eigenvalue weighted by Crippen LogP contribution is 2.98. The molecule has 0 aromatic heterocycles. The number of quaternary nitrogens is 1. The molecule has 3 unspecified atom stereocenters. The van der Waals surface area contributed by atoms with Gasteiger partial charge in [-0.2, -0.15) is 0 Å². The van der Waals surface area contributed by atoms with E-state index in [1.807, 2.05) is 0 Å². The van der Waals surface area contributed by atoms with Gasteiger partial charge in [0.25, 0.3) is 0 Å². The molecule has 2 fully saturated rings. The van der Waals surface area contributed by atoms with E-state index >= 15 is 0 Å². The van der Waals surface area contributed by atoms with E-state index < -0.39 is 0 Å². The fraction of sp³-hybridized carbons (Fsp3) is 0.429. The predicted octanol–water partition coefficient (Wildman–Crippen LogP) is 3.37. The van der Waals surface area contributed by atoms with Crippen LogP contribution in [-0.2, 0) is 16.6 Å². The van der Waals surface area contributed by atoms with Gasteiger partial charge in [0.2, 0.25) is 6.04 Å². The van der Waals surface area contributed by atoms with E-state index in [-0.39, 0.29) is 17.7 Å². The fourth-order valence-electron chi connectivity index (χ4n) is 7.70. The van der Waals surface area contributed by atoms with E-state index in [1.54, 1.807) is 5.56 Å². The van der Waals surface area contributed by atoms with Gasteiger partial charge in [0.1, 0.15) is 0 Å². The van der Waals surface area contributed by atoms with Crippen LogP contribution in [0.3, 0.4) is 0 Å². The lowest BCUT2D eigenvalue weighted by atomic mass is 9.72. The van der Waals surface area contributed by atoms with Crippen molar-refractivity contribution in [3.05, 3.63) is 70.8 Å². The Labute approximate surface area is 137 Å². The van der Waals surface area contributed by atoms with Crippen LogP contribution in [-0.4, -0.2) is 22.2 Å². The number of fused-ring (bicyclic) bond motifs is 8. The summed E-state index contributed by atoms with van der Waals surface area (Å²) in [4.78, 5) is 0. The van der Waals surface area contributed by atoms with Crippen LogP contribution in [0.4, 0.5) is 0 Å². The normalized spacial score (nSPS) is 46.0. The standard InChI is InChI=1S/C21H22NO/c1-3-20-16-10-6-4-8-14(16)19(2)15-9-5-7-11-17(15)21(12-13-23)18(20)22(19,20)21/h4-11,18,23H,3,12-13H2,1-2H3/q+1/t18?,19?,20-,21+,22?/m0/s1. The van der Waals surface area contributed by atoms with Crippen LogP contribution in [0.2, 0.25) is 0 Å². The highest BCUT2D eigenvalue weighted by Gasteiger charge is 3.15. The van der Waals surface area contributed by atoms with Crippen molar-refractivity contribution in [2.24, 2.45) is 0 Å². The monoisotopic (exact) mass is 304 g/mol. The van der Waals surface area contributed by atoms with Crippen molar-refractivity contribution < 1.29 is 9.59 Å². The van der Waals surface area contributed by atoms with Crippen LogP contribution in [0, 0.1) is 0 Å². The van der Waals surface area contributed by atoms with E-state index in [0.29, 0.717) is 11.6 Å². The third-order valence-corrected chi connectivity index (χ3v) is 7.99. The molecule has 2 nitrogen and oxygen atoms in total. The smallest absolute Gasteiger partial charge is 0.211 e. The number of hydrogen-bond donors (Lipinski definition) is 1. The first kappa shape index (κ1) is 12.7. The topological polar surface area (TPSA) is 20.2 Å². The molecule has 1 spiro atoms. The summed E-state index contributed by atoms with van der Waals surface area (Å²) in [6.45, 7) is 5.11. The molecule has 2 heteroatoms. The molecule has 116 valence electrons. The van der Waals surface area contributed by atoms with Gasteiger partial charge in [-0.15, -0.1) is 0 Å². The Morgan fingerprint density at radius 2 is 1.43 bits per heavy atom. The zero-order chi connectivity index (χ0) is 15.7. The Hall–Kier alpha value is -1.64. The van der Waals surface area contributed by atoms with Crippen molar-refractivity contribution in [1.82, 2.24) is 0 Å². The number of hydrogen-bond acceptors (Lipinski definition) is 1. The molecule has 0 aliphatic carbocycles. The lowest BCUT2D eigenvalue weighted by Gasteiger charge is -2.31. The van der Waals surface area contributed by atoms with Gasteiger partial charge in [-0.25, -0.2) is 0 Å². The first-order valence-electron chi connectivity index (χ1n) is 8.89. The molecule has 5 atom stereocenters. The number of aliphatic hydroxyl groups excluding tert-OH is 1. The largest absolute Gasteiger partial charge is 0.396 e. The highest BCUT2D eigenvalue weighted by molar-refractivity contribution is 5.66. The van der Waals surface area contributed by atoms with E-state index in [0.717, 1.165) is 6.42 Å². The average Bonchev–Trinajstić information content (AvgIpc) is 3.40. The van der Waals surface area contributed by atoms with E-state index in [1.165, 1.54) is 27.6 Å². The number of nitrogens with zero attached hydrogens (tertiary/aromatic N) is 1. The molecule has 2 aromatic rings. The Balaban J connectivity index is 1.75. The summed E-state index contributed by atoms with van der Waals surface area (Å²) in [6, 6.07) is 18.8. The molecule has 23 heavy (non-hydrogen) atoms. The van der Waals surface area contributed by atoms with Crippen LogP contribution in [0.15, 0.2) is 48.5 Å². The summed E-state index contributed by atoms with van der Waals surface area (Å²) in [6.07, 6.45) is 2.10. The second kappa shape index (κ2) is 3.26. The summed E-state index contributed by atoms with van der Waals surface area (Å²) in [7, 11) is 0. The second-order valence-corrected chi connectivity index (χ2v) is 7.96. The van der Waals surface area contributed by atoms with Gasteiger partial charge < -0.3 is 5.11 Å². The van der Waals surface area contributed by atoms with Crippen molar-refractivity contribution in [2.45, 2.75) is 49.3 Å². The zero-order valence-electron chi connectivity index (χ0n) is 13.7. The maximum atomic E-state index is 9.82. The van der Waals surface area contributed by atoms with Crippen LogP contribution >= 0.6 is 0 Å². The third-order valence-electron chi connectivity index (χ3n) is 7.99. The Morgan fingerprint density at radius 1 is 0.913 bits per heavy atom. The minimum Gasteiger partial charge on any atom is -0.396 e. The molecule has 4 aliphatic rings. The summed E-state index contributed by atoms with van der Waals surface area (Å²) < 4.78 is 1.18. The van der Waals surface area contributed by atoms with Gasteiger partial charge in [-0.05, 0) is 6.92 Å². The van der Waals surface area contributed by atoms with Crippen LogP contribution in [0.5, 0.6) is 0 Å². The van der Waals surface area contributed by atoms with Crippen molar-refractivity contribution in [3.63, 3.8) is 0 Å². The molecular formula is C21H22NO+. The molecule has 0 saturated carbocycles. The first-order valence-corrected chi connectivity index (χ1v) is 8.89. The van der Waals surface area contributed by atoms with Crippen molar-refractivity contribution in [1.29, 1.82) is 0 Å². The van der Waals surface area contributed by atoms with Crippen molar-refractivity contribution >= 4 is 0 Å². The summed E-state index contributed by atoms with van der Waals surface area (Å²) in [5, 5.41) is 9.82. The van der Waals surface area contributed by atoms with Crippen LogP contribution in [0.1, 0.15) is 48.9 Å². The maximum absolute atomic E-state index is 9.82. The molecule has 4 aliphatic heterocycles. The molecule has 4 heterocycles. The van der Waals surface area contributed by atoms with Crippen LogP contribution in [0.25, 0.3) is 0 Å². The quantitative estimate of drug-likeness (QED) is 0.681. The summed E-state index contributed by atoms with van der Waals surface area (Å²) in [5.41, 5.74) is 6.68. The molecule has 6 rings (SSSR count). The van der Waals surface area contributed by atoms with E-state index in [2.05, 4.69) is 62.4 Å². The van der Waals surface area contributed by atoms with Gasteiger partial charge in [0.05, 0.1) is 0 Å². The number of benzene rings is 2. The van der Waals surface area contributed by atoms with Gasteiger partial charge in [0.15, 0.2) is 16.6 Å². The maximum Gasteiger partial charge on any atom is 0.211 e. The Kier molecular flexibility index (Phi) is 1.81. The molecule has 0 amide bonds. The molecular weight excluding hydrogens is 282 g/mol. The third kappa shape index (κ3) is 0.805. The number of aliphatic hydroxyl groups is 1. The molecule has 0 radical (unpaired) electrons. The fourth-order valence-corrected chi connectivity index (χ4v) is 7.70. The van der Waals surface area contributed by atoms with E-state index in [4.69, 9.17) is 0 Å². The second-order valence-electron chi connectivity index (χ2n) is 7.96. The first-order chi connectivity index (χ1) is 11.2. The molecule has 0 bridgehead atoms. The van der Waals surface area contributed by atoms with Crippen LogP contribution < -0.4 is 0 Å². The Morgan fingerprint density at radius 3 is 1.96 bits per heavy atom. The Bertz CT molecular complexity index is 891. The van der Waals surface area contributed by atoms with E-state index in [9.17, 15) is 5.11 Å². The van der Waals surface area contributed by atoms with Gasteiger partial charge in [-0.3, -0.25) is 4.48 Å². The predicted molar refractivity (Wildman–Crippen MR) is 88.7 cm³/mol. The molecule has 2 saturated heterocycles. The number of rotatable bonds is 3. The lowest BCUT2D eigenvalue weighted by molar-refractivity contribution is -0.835. The SMILES string of the molecule is CC[C@]12c3ccccc3C3(C)c4ccccc4[C@]4(CCO)C1[N+]324. The average molecular weight is 304 g/mol. The summed E-state index contributed by atoms with van der Waals surface area (Å²) >= 11 is 0. The minimum atomic E-state index is 0.0725. The minimum absolute atomic E-state index is 0.0725. The van der Waals surface area contributed by atoms with Crippen molar-refractivity contribution in [2.75, 3.05) is 6.61 Å². The van der Waals surface area contributed by atoms with Gasteiger partial charge >= 0.3 is 0 Å². The summed E-state index contributed by atoms with van der Waals surface area (Å²) in [5.74, 6) is 0. The lowest BCUT2D eigenvalue weighted by Crippen LogP contribution is -2.45. The van der Waals surface area contributed by atoms with Gasteiger partial charge in [-0.1, -0.05) is 55.5 Å². The molecule has 1 N–H and O–H groups in total. The van der Waals surface area contributed by atoms with Gasteiger partial charge in [0, 0.05) is 41.7 Å². The zero-order valence-corrected chi connectivity index (χ0v) is 13.7. The van der Waals surface area contributed by atoms with Crippen molar-refractivity contribution in [3.8, 4) is 0 Å². The molecule has 2 aromatic carbocycles. The highest BCUT2D eigenvalue weighted by atomic mass is 16.3.